The van der Waals surface area contributed by atoms with Crippen LogP contribution in [0.25, 0.3) is 4.96 Å². The summed E-state index contributed by atoms with van der Waals surface area (Å²) in [5, 5.41) is 4.57. The molecule has 1 N–H and O–H groups in total. The van der Waals surface area contributed by atoms with Crippen LogP contribution in [0.15, 0.2) is 22.6 Å². The minimum atomic E-state index is -0.377. The fourth-order valence-electron chi connectivity index (χ4n) is 2.87. The lowest BCUT2D eigenvalue weighted by atomic mass is 10.2. The van der Waals surface area contributed by atoms with Crippen LogP contribution in [-0.2, 0) is 4.74 Å². The van der Waals surface area contributed by atoms with E-state index in [1.54, 1.807) is 11.6 Å². The first-order valence-electron chi connectivity index (χ1n) is 7.65. The van der Waals surface area contributed by atoms with E-state index in [0.29, 0.717) is 11.5 Å². The van der Waals surface area contributed by atoms with Gasteiger partial charge in [-0.3, -0.25) is 18.9 Å². The number of thiazole rings is 1. The van der Waals surface area contributed by atoms with Crippen molar-refractivity contribution in [3.63, 3.8) is 0 Å². The number of amides is 1. The highest BCUT2D eigenvalue weighted by atomic mass is 32.1. The van der Waals surface area contributed by atoms with Crippen LogP contribution in [-0.4, -0.2) is 58.6 Å². The Labute approximate surface area is 137 Å². The number of rotatable bonds is 4. The van der Waals surface area contributed by atoms with Crippen LogP contribution >= 0.6 is 11.3 Å². The molecule has 0 spiro atoms. The molecule has 7 nitrogen and oxygen atoms in total. The third kappa shape index (κ3) is 3.60. The van der Waals surface area contributed by atoms with Crippen molar-refractivity contribution in [1.82, 2.24) is 19.6 Å². The number of fused-ring (bicyclic) bond motifs is 1. The number of carbonyl (C=O) groups is 1. The molecule has 1 saturated heterocycles. The van der Waals surface area contributed by atoms with Gasteiger partial charge in [-0.1, -0.05) is 0 Å². The minimum absolute atomic E-state index is 0.0737. The van der Waals surface area contributed by atoms with E-state index in [-0.39, 0.29) is 29.2 Å². The molecule has 0 bridgehead atoms. The van der Waals surface area contributed by atoms with Gasteiger partial charge in [-0.15, -0.1) is 11.3 Å². The van der Waals surface area contributed by atoms with E-state index in [0.717, 1.165) is 19.6 Å². The van der Waals surface area contributed by atoms with Gasteiger partial charge in [0.1, 0.15) is 5.56 Å². The molecular weight excluding hydrogens is 316 g/mol. The standard InChI is InChI=1S/C15H20N4O3S/c1-10-8-18(9-11(2)22-10)4-3-16-13(20)12-7-17-15-19(14(12)21)5-6-23-15/h5-7,10-11H,3-4,8-9H2,1-2H3,(H,16,20). The van der Waals surface area contributed by atoms with Crippen LogP contribution in [0.1, 0.15) is 24.2 Å². The van der Waals surface area contributed by atoms with Crippen molar-refractivity contribution in [3.05, 3.63) is 33.7 Å². The quantitative estimate of drug-likeness (QED) is 0.885. The van der Waals surface area contributed by atoms with Crippen LogP contribution < -0.4 is 10.9 Å². The van der Waals surface area contributed by atoms with Crippen LogP contribution in [0.5, 0.6) is 0 Å². The molecule has 23 heavy (non-hydrogen) atoms. The maximum absolute atomic E-state index is 12.2. The van der Waals surface area contributed by atoms with Crippen molar-refractivity contribution in [3.8, 4) is 0 Å². The van der Waals surface area contributed by atoms with E-state index in [2.05, 4.69) is 15.2 Å². The molecule has 0 aromatic carbocycles. The largest absolute Gasteiger partial charge is 0.373 e. The lowest BCUT2D eigenvalue weighted by Crippen LogP contribution is -2.48. The van der Waals surface area contributed by atoms with Crippen molar-refractivity contribution in [2.75, 3.05) is 26.2 Å². The molecule has 124 valence electrons. The summed E-state index contributed by atoms with van der Waals surface area (Å²) >= 11 is 1.36. The summed E-state index contributed by atoms with van der Waals surface area (Å²) in [6.07, 6.45) is 3.37. The molecule has 3 rings (SSSR count). The highest BCUT2D eigenvalue weighted by Gasteiger charge is 2.22. The Morgan fingerprint density at radius 1 is 1.43 bits per heavy atom. The molecule has 2 atom stereocenters. The van der Waals surface area contributed by atoms with E-state index in [4.69, 9.17) is 4.74 Å². The number of hydrogen-bond donors (Lipinski definition) is 1. The molecule has 2 aromatic heterocycles. The van der Waals surface area contributed by atoms with Gasteiger partial charge < -0.3 is 10.1 Å². The molecule has 0 radical (unpaired) electrons. The Morgan fingerprint density at radius 3 is 2.91 bits per heavy atom. The Bertz CT molecular complexity index is 747. The predicted molar refractivity (Wildman–Crippen MR) is 88.1 cm³/mol. The molecule has 1 aliphatic rings. The zero-order chi connectivity index (χ0) is 16.4. The first-order valence-corrected chi connectivity index (χ1v) is 8.53. The highest BCUT2D eigenvalue weighted by molar-refractivity contribution is 7.15. The van der Waals surface area contributed by atoms with Crippen LogP contribution in [0.2, 0.25) is 0 Å². The van der Waals surface area contributed by atoms with E-state index in [1.165, 1.54) is 21.9 Å². The molecule has 0 aliphatic carbocycles. The molecule has 0 saturated carbocycles. The fraction of sp³-hybridized carbons (Fsp3) is 0.533. The Hall–Kier alpha value is -1.77. The zero-order valence-electron chi connectivity index (χ0n) is 13.2. The minimum Gasteiger partial charge on any atom is -0.373 e. The number of morpholine rings is 1. The van der Waals surface area contributed by atoms with Gasteiger partial charge in [-0.25, -0.2) is 4.98 Å². The van der Waals surface area contributed by atoms with Crippen molar-refractivity contribution >= 4 is 22.2 Å². The van der Waals surface area contributed by atoms with Crippen LogP contribution in [0.3, 0.4) is 0 Å². The Kier molecular flexibility index (Phi) is 4.74. The van der Waals surface area contributed by atoms with Crippen molar-refractivity contribution in [1.29, 1.82) is 0 Å². The summed E-state index contributed by atoms with van der Waals surface area (Å²) in [5.74, 6) is -0.377. The molecule has 1 amide bonds. The smallest absolute Gasteiger partial charge is 0.271 e. The van der Waals surface area contributed by atoms with E-state index in [1.807, 2.05) is 13.8 Å². The monoisotopic (exact) mass is 336 g/mol. The molecule has 2 aromatic rings. The first-order chi connectivity index (χ1) is 11.0. The van der Waals surface area contributed by atoms with Gasteiger partial charge in [0, 0.05) is 44.0 Å². The van der Waals surface area contributed by atoms with Gasteiger partial charge >= 0.3 is 0 Å². The lowest BCUT2D eigenvalue weighted by molar-refractivity contribution is -0.0672. The molecular formula is C15H20N4O3S. The van der Waals surface area contributed by atoms with Gasteiger partial charge in [0.05, 0.1) is 12.2 Å². The van der Waals surface area contributed by atoms with Gasteiger partial charge in [0.2, 0.25) is 0 Å². The van der Waals surface area contributed by atoms with Gasteiger partial charge in [0.25, 0.3) is 11.5 Å². The van der Waals surface area contributed by atoms with E-state index >= 15 is 0 Å². The number of hydrogen-bond acceptors (Lipinski definition) is 6. The average Bonchev–Trinajstić information content (AvgIpc) is 2.96. The second kappa shape index (κ2) is 6.77. The molecule has 1 aliphatic heterocycles. The fourth-order valence-corrected chi connectivity index (χ4v) is 3.55. The molecule has 3 heterocycles. The number of nitrogens with one attached hydrogen (secondary N) is 1. The second-order valence-electron chi connectivity index (χ2n) is 5.81. The summed E-state index contributed by atoms with van der Waals surface area (Å²) in [5.41, 5.74) is -0.257. The first kappa shape index (κ1) is 16.1. The summed E-state index contributed by atoms with van der Waals surface area (Å²) in [6, 6.07) is 0. The Balaban J connectivity index is 1.58. The zero-order valence-corrected chi connectivity index (χ0v) is 14.0. The van der Waals surface area contributed by atoms with Crippen molar-refractivity contribution < 1.29 is 9.53 Å². The third-order valence-electron chi connectivity index (χ3n) is 3.80. The van der Waals surface area contributed by atoms with Gasteiger partial charge in [0.15, 0.2) is 4.96 Å². The number of aromatic nitrogens is 2. The predicted octanol–water partition coefficient (Wildman–Crippen LogP) is 0.595. The second-order valence-corrected chi connectivity index (χ2v) is 6.68. The number of carbonyl (C=O) groups excluding carboxylic acids is 1. The van der Waals surface area contributed by atoms with E-state index in [9.17, 15) is 9.59 Å². The maximum atomic E-state index is 12.2. The number of nitrogens with zero attached hydrogens (tertiary/aromatic N) is 3. The normalized spacial score (nSPS) is 22.3. The molecule has 1 fully saturated rings. The van der Waals surface area contributed by atoms with Gasteiger partial charge in [-0.2, -0.15) is 0 Å². The van der Waals surface area contributed by atoms with Crippen molar-refractivity contribution in [2.45, 2.75) is 26.1 Å². The summed E-state index contributed by atoms with van der Waals surface area (Å²) in [6.45, 7) is 7.02. The average molecular weight is 336 g/mol. The topological polar surface area (TPSA) is 75.9 Å². The number of ether oxygens (including phenoxy) is 1. The van der Waals surface area contributed by atoms with Crippen molar-refractivity contribution in [2.24, 2.45) is 0 Å². The lowest BCUT2D eigenvalue weighted by Gasteiger charge is -2.35. The van der Waals surface area contributed by atoms with Gasteiger partial charge in [-0.05, 0) is 13.8 Å². The molecule has 8 heteroatoms. The SMILES string of the molecule is CC1CN(CCNC(=O)c2cnc3sccn3c2=O)CC(C)O1. The summed E-state index contributed by atoms with van der Waals surface area (Å²) < 4.78 is 7.08. The summed E-state index contributed by atoms with van der Waals surface area (Å²) in [4.78, 5) is 31.4. The Morgan fingerprint density at radius 2 is 2.17 bits per heavy atom. The van der Waals surface area contributed by atoms with E-state index < -0.39 is 0 Å². The molecule has 2 unspecified atom stereocenters. The van der Waals surface area contributed by atoms with Crippen LogP contribution in [0, 0.1) is 0 Å². The third-order valence-corrected chi connectivity index (χ3v) is 4.57. The summed E-state index contributed by atoms with van der Waals surface area (Å²) in [7, 11) is 0. The van der Waals surface area contributed by atoms with Crippen LogP contribution in [0.4, 0.5) is 0 Å². The highest BCUT2D eigenvalue weighted by Crippen LogP contribution is 2.09. The maximum Gasteiger partial charge on any atom is 0.271 e.